The lowest BCUT2D eigenvalue weighted by Crippen LogP contribution is -2.41. The molecule has 1 aliphatic heterocycles. The maximum atomic E-state index is 13.0. The molecule has 0 saturated heterocycles. The summed E-state index contributed by atoms with van der Waals surface area (Å²) in [4.78, 5) is 31.8. The van der Waals surface area contributed by atoms with Crippen LogP contribution in [0.2, 0.25) is 0 Å². The number of carbonyl (C=O) groups excluding carboxylic acids is 1. The summed E-state index contributed by atoms with van der Waals surface area (Å²) in [6.45, 7) is 0.854. The Morgan fingerprint density at radius 2 is 1.92 bits per heavy atom. The van der Waals surface area contributed by atoms with Gasteiger partial charge in [0.1, 0.15) is 0 Å². The Bertz CT molecular complexity index is 1070. The Morgan fingerprint density at radius 3 is 2.69 bits per heavy atom. The summed E-state index contributed by atoms with van der Waals surface area (Å²) in [7, 11) is 3.43. The fraction of sp³-hybridized carbons (Fsp3) is 0.250. The number of carbonyl (C=O) groups is 1. The van der Waals surface area contributed by atoms with Crippen LogP contribution in [-0.2, 0) is 20.0 Å². The highest BCUT2D eigenvalue weighted by atomic mass is 16.2. The second-order valence-corrected chi connectivity index (χ2v) is 6.51. The third-order valence-corrected chi connectivity index (χ3v) is 4.94. The molecule has 0 atom stereocenters. The highest BCUT2D eigenvalue weighted by Crippen LogP contribution is 2.21. The Hall–Kier alpha value is -3.15. The summed E-state index contributed by atoms with van der Waals surface area (Å²) in [5, 5.41) is 5.07. The molecule has 0 radical (unpaired) electrons. The molecular formula is C20H20N4O2. The predicted octanol–water partition coefficient (Wildman–Crippen LogP) is 2.17. The first-order valence-corrected chi connectivity index (χ1v) is 8.63. The molecule has 4 rings (SSSR count). The van der Waals surface area contributed by atoms with E-state index >= 15 is 0 Å². The molecular weight excluding hydrogens is 328 g/mol. The van der Waals surface area contributed by atoms with Crippen molar-refractivity contribution in [1.82, 2.24) is 14.5 Å². The van der Waals surface area contributed by atoms with Gasteiger partial charge in [0.05, 0.1) is 17.8 Å². The summed E-state index contributed by atoms with van der Waals surface area (Å²) in [5.74, 6) is 0.490. The van der Waals surface area contributed by atoms with Crippen molar-refractivity contribution < 1.29 is 4.79 Å². The monoisotopic (exact) mass is 348 g/mol. The summed E-state index contributed by atoms with van der Waals surface area (Å²) in [6, 6.07) is 13.7. The van der Waals surface area contributed by atoms with Crippen molar-refractivity contribution in [3.63, 3.8) is 0 Å². The van der Waals surface area contributed by atoms with Crippen LogP contribution in [0.5, 0.6) is 0 Å². The van der Waals surface area contributed by atoms with Crippen molar-refractivity contribution in [1.29, 1.82) is 0 Å². The molecule has 3 aromatic rings. The van der Waals surface area contributed by atoms with E-state index in [1.165, 1.54) is 4.57 Å². The van der Waals surface area contributed by atoms with E-state index in [-0.39, 0.29) is 11.5 Å². The number of nitrogens with zero attached hydrogens (tertiary/aromatic N) is 3. The largest absolute Gasteiger partial charge is 0.359 e. The van der Waals surface area contributed by atoms with Crippen LogP contribution in [0.15, 0.2) is 47.3 Å². The number of rotatable bonds is 2. The highest BCUT2D eigenvalue weighted by Gasteiger charge is 2.26. The third kappa shape index (κ3) is 2.63. The predicted molar refractivity (Wildman–Crippen MR) is 101 cm³/mol. The van der Waals surface area contributed by atoms with Gasteiger partial charge in [0.2, 0.25) is 5.95 Å². The summed E-state index contributed by atoms with van der Waals surface area (Å²) < 4.78 is 1.49. The van der Waals surface area contributed by atoms with Gasteiger partial charge >= 0.3 is 0 Å². The van der Waals surface area contributed by atoms with E-state index in [0.29, 0.717) is 36.6 Å². The molecule has 0 bridgehead atoms. The number of hydrogen-bond donors (Lipinski definition) is 1. The lowest BCUT2D eigenvalue weighted by atomic mass is 10.0. The zero-order valence-corrected chi connectivity index (χ0v) is 14.8. The van der Waals surface area contributed by atoms with E-state index in [1.54, 1.807) is 19.0 Å². The topological polar surface area (TPSA) is 67.2 Å². The fourth-order valence-corrected chi connectivity index (χ4v) is 3.47. The number of anilines is 1. The van der Waals surface area contributed by atoms with Crippen LogP contribution in [0.3, 0.4) is 0 Å². The molecule has 1 aromatic heterocycles. The first-order valence-electron chi connectivity index (χ1n) is 8.63. The molecule has 6 heteroatoms. The van der Waals surface area contributed by atoms with Gasteiger partial charge in [-0.25, -0.2) is 4.98 Å². The van der Waals surface area contributed by atoms with Crippen LogP contribution in [-0.4, -0.2) is 34.0 Å². The molecule has 0 spiro atoms. The number of benzene rings is 2. The van der Waals surface area contributed by atoms with Gasteiger partial charge in [-0.15, -0.1) is 0 Å². The number of hydrogen-bond acceptors (Lipinski definition) is 4. The van der Waals surface area contributed by atoms with E-state index in [4.69, 9.17) is 0 Å². The Kier molecular flexibility index (Phi) is 3.95. The normalized spacial score (nSPS) is 13.5. The van der Waals surface area contributed by atoms with Gasteiger partial charge < -0.3 is 10.2 Å². The minimum atomic E-state index is -0.102. The van der Waals surface area contributed by atoms with Crippen LogP contribution in [0.4, 0.5) is 5.95 Å². The average Bonchev–Trinajstić information content (AvgIpc) is 2.69. The average molecular weight is 348 g/mol. The lowest BCUT2D eigenvalue weighted by Gasteiger charge is -2.28. The van der Waals surface area contributed by atoms with E-state index < -0.39 is 0 Å². The molecule has 0 unspecified atom stereocenters. The number of fused-ring (bicyclic) bond motifs is 2. The van der Waals surface area contributed by atoms with Gasteiger partial charge in [0.25, 0.3) is 11.5 Å². The molecule has 1 N–H and O–H groups in total. The summed E-state index contributed by atoms with van der Waals surface area (Å²) in [5.41, 5.74) is 1.92. The van der Waals surface area contributed by atoms with Gasteiger partial charge in [-0.3, -0.25) is 14.2 Å². The van der Waals surface area contributed by atoms with Crippen LogP contribution >= 0.6 is 0 Å². The van der Waals surface area contributed by atoms with Crippen molar-refractivity contribution >= 4 is 22.6 Å². The smallest absolute Gasteiger partial charge is 0.259 e. The second-order valence-electron chi connectivity index (χ2n) is 6.51. The molecule has 132 valence electrons. The van der Waals surface area contributed by atoms with Crippen molar-refractivity contribution in [2.45, 2.75) is 13.0 Å². The maximum absolute atomic E-state index is 13.0. The van der Waals surface area contributed by atoms with Crippen molar-refractivity contribution in [3.05, 3.63) is 69.6 Å². The van der Waals surface area contributed by atoms with Crippen molar-refractivity contribution in [2.75, 3.05) is 18.9 Å². The molecule has 2 aromatic carbocycles. The van der Waals surface area contributed by atoms with Gasteiger partial charge in [-0.05, 0) is 22.9 Å². The van der Waals surface area contributed by atoms with Crippen LogP contribution in [0, 0.1) is 0 Å². The van der Waals surface area contributed by atoms with E-state index in [1.807, 2.05) is 42.5 Å². The molecule has 0 fully saturated rings. The zero-order valence-electron chi connectivity index (χ0n) is 14.8. The Morgan fingerprint density at radius 1 is 1.15 bits per heavy atom. The maximum Gasteiger partial charge on any atom is 0.259 e. The Balaban J connectivity index is 1.66. The molecule has 26 heavy (non-hydrogen) atoms. The van der Waals surface area contributed by atoms with Crippen molar-refractivity contribution in [3.8, 4) is 0 Å². The van der Waals surface area contributed by atoms with E-state index in [2.05, 4.69) is 10.3 Å². The standard InChI is InChI=1S/C20H20N4O2/c1-21-20-22-17-9-10-24(12-16(17)19(26)23(20)2)18(25)15-8-7-13-5-3-4-6-14(13)11-15/h3-8,11H,9-10,12H2,1-2H3,(H,21,22). The minimum Gasteiger partial charge on any atom is -0.359 e. The molecule has 0 saturated carbocycles. The van der Waals surface area contributed by atoms with E-state index in [0.717, 1.165) is 16.5 Å². The van der Waals surface area contributed by atoms with Crippen LogP contribution < -0.4 is 10.9 Å². The van der Waals surface area contributed by atoms with Gasteiger partial charge in [0.15, 0.2) is 0 Å². The SMILES string of the molecule is CNc1nc2c(c(=O)n1C)CN(C(=O)c1ccc3ccccc3c1)CC2. The van der Waals surface area contributed by atoms with E-state index in [9.17, 15) is 9.59 Å². The quantitative estimate of drug-likeness (QED) is 0.771. The molecule has 2 heterocycles. The molecule has 1 amide bonds. The number of nitrogens with one attached hydrogen (secondary N) is 1. The minimum absolute atomic E-state index is 0.0545. The summed E-state index contributed by atoms with van der Waals surface area (Å²) in [6.07, 6.45) is 0.583. The second kappa shape index (κ2) is 6.29. The van der Waals surface area contributed by atoms with Crippen molar-refractivity contribution in [2.24, 2.45) is 7.05 Å². The van der Waals surface area contributed by atoms with Crippen LogP contribution in [0.1, 0.15) is 21.6 Å². The first-order chi connectivity index (χ1) is 12.6. The van der Waals surface area contributed by atoms with Crippen LogP contribution in [0.25, 0.3) is 10.8 Å². The van der Waals surface area contributed by atoms with Gasteiger partial charge in [-0.2, -0.15) is 0 Å². The highest BCUT2D eigenvalue weighted by molar-refractivity contribution is 5.98. The number of amides is 1. The lowest BCUT2D eigenvalue weighted by molar-refractivity contribution is 0.0732. The summed E-state index contributed by atoms with van der Waals surface area (Å²) >= 11 is 0. The van der Waals surface area contributed by atoms with Gasteiger partial charge in [-0.1, -0.05) is 30.3 Å². The fourth-order valence-electron chi connectivity index (χ4n) is 3.47. The Labute approximate surface area is 151 Å². The van der Waals surface area contributed by atoms with Gasteiger partial charge in [0, 0.05) is 32.6 Å². The number of aromatic nitrogens is 2. The first kappa shape index (κ1) is 16.3. The molecule has 0 aliphatic carbocycles. The molecule has 6 nitrogen and oxygen atoms in total. The molecule has 1 aliphatic rings. The zero-order chi connectivity index (χ0) is 18.3. The third-order valence-electron chi connectivity index (χ3n) is 4.94.